The van der Waals surface area contributed by atoms with Gasteiger partial charge in [0.2, 0.25) is 0 Å². The van der Waals surface area contributed by atoms with Crippen LogP contribution in [0.2, 0.25) is 5.02 Å². The smallest absolute Gasteiger partial charge is 0.0495 e. The molecule has 0 spiro atoms. The van der Waals surface area contributed by atoms with E-state index >= 15 is 0 Å². The molecule has 5 heteroatoms. The van der Waals surface area contributed by atoms with Crippen LogP contribution in [0.1, 0.15) is 18.4 Å². The summed E-state index contributed by atoms with van der Waals surface area (Å²) in [6.45, 7) is 1.73. The van der Waals surface area contributed by atoms with Gasteiger partial charge in [0.1, 0.15) is 0 Å². The minimum atomic E-state index is 0.246. The van der Waals surface area contributed by atoms with Crippen LogP contribution in [-0.2, 0) is 11.2 Å². The van der Waals surface area contributed by atoms with Crippen molar-refractivity contribution >= 4 is 27.5 Å². The third-order valence-corrected chi connectivity index (χ3v) is 4.20. The Kier molecular flexibility index (Phi) is 5.45. The molecular formula is C13H18BrClN2O. The summed E-state index contributed by atoms with van der Waals surface area (Å²) < 4.78 is 6.39. The normalized spacial score (nSPS) is 21.2. The highest BCUT2D eigenvalue weighted by Gasteiger charge is 2.20. The second kappa shape index (κ2) is 6.87. The van der Waals surface area contributed by atoms with Gasteiger partial charge in [-0.2, -0.15) is 0 Å². The highest BCUT2D eigenvalue weighted by Crippen LogP contribution is 2.25. The van der Waals surface area contributed by atoms with Crippen molar-refractivity contribution in [2.45, 2.75) is 25.3 Å². The van der Waals surface area contributed by atoms with Crippen LogP contribution in [-0.4, -0.2) is 19.3 Å². The average molecular weight is 334 g/mol. The summed E-state index contributed by atoms with van der Waals surface area (Å²) in [5.41, 5.74) is 4.02. The molecule has 1 aliphatic rings. The number of rotatable bonds is 5. The predicted molar refractivity (Wildman–Crippen MR) is 77.5 cm³/mol. The number of ether oxygens (including phenoxy) is 1. The zero-order valence-corrected chi connectivity index (χ0v) is 12.5. The average Bonchev–Trinajstić information content (AvgIpc) is 2.84. The Balaban J connectivity index is 1.96. The first kappa shape index (κ1) is 14.3. The number of nitrogens with one attached hydrogen (secondary N) is 1. The maximum Gasteiger partial charge on any atom is 0.0495 e. The molecule has 3 N–H and O–H groups in total. The SMILES string of the molecule is NNC(Cc1ccc(Br)cc1Cl)CC1CCOC1. The van der Waals surface area contributed by atoms with Crippen LogP contribution in [0.5, 0.6) is 0 Å². The molecule has 3 nitrogen and oxygen atoms in total. The van der Waals surface area contributed by atoms with Crippen molar-refractivity contribution in [3.8, 4) is 0 Å². The predicted octanol–water partition coefficient (Wildman–Crippen LogP) is 2.90. The van der Waals surface area contributed by atoms with E-state index in [9.17, 15) is 0 Å². The van der Waals surface area contributed by atoms with Gasteiger partial charge in [0, 0.05) is 28.8 Å². The van der Waals surface area contributed by atoms with Crippen LogP contribution < -0.4 is 11.3 Å². The fourth-order valence-electron chi connectivity index (χ4n) is 2.33. The van der Waals surface area contributed by atoms with E-state index in [1.807, 2.05) is 18.2 Å². The number of nitrogens with two attached hydrogens (primary N) is 1. The first-order valence-electron chi connectivity index (χ1n) is 6.17. The molecule has 0 radical (unpaired) electrons. The highest BCUT2D eigenvalue weighted by molar-refractivity contribution is 9.10. The summed E-state index contributed by atoms with van der Waals surface area (Å²) in [6.07, 6.45) is 3.01. The van der Waals surface area contributed by atoms with E-state index in [-0.39, 0.29) is 6.04 Å². The molecule has 100 valence electrons. The van der Waals surface area contributed by atoms with Crippen LogP contribution >= 0.6 is 27.5 Å². The van der Waals surface area contributed by atoms with Crippen LogP contribution in [0.3, 0.4) is 0 Å². The lowest BCUT2D eigenvalue weighted by atomic mass is 9.95. The zero-order chi connectivity index (χ0) is 13.0. The lowest BCUT2D eigenvalue weighted by Crippen LogP contribution is -2.38. The van der Waals surface area contributed by atoms with Crippen molar-refractivity contribution in [2.75, 3.05) is 13.2 Å². The van der Waals surface area contributed by atoms with Gasteiger partial charge in [-0.05, 0) is 42.9 Å². The number of hydrazine groups is 1. The van der Waals surface area contributed by atoms with Crippen LogP contribution in [0, 0.1) is 5.92 Å². The van der Waals surface area contributed by atoms with E-state index in [1.54, 1.807) is 0 Å². The highest BCUT2D eigenvalue weighted by atomic mass is 79.9. The van der Waals surface area contributed by atoms with Crippen LogP contribution in [0.25, 0.3) is 0 Å². The third kappa shape index (κ3) is 3.93. The van der Waals surface area contributed by atoms with Gasteiger partial charge in [-0.15, -0.1) is 0 Å². The third-order valence-electron chi connectivity index (χ3n) is 3.36. The zero-order valence-electron chi connectivity index (χ0n) is 10.2. The largest absolute Gasteiger partial charge is 0.381 e. The van der Waals surface area contributed by atoms with Crippen molar-refractivity contribution in [3.05, 3.63) is 33.3 Å². The maximum absolute atomic E-state index is 6.22. The van der Waals surface area contributed by atoms with E-state index in [1.165, 1.54) is 0 Å². The molecular weight excluding hydrogens is 316 g/mol. The molecule has 1 saturated heterocycles. The van der Waals surface area contributed by atoms with E-state index in [0.717, 1.165) is 47.5 Å². The molecule has 0 amide bonds. The number of halogens is 2. The second-order valence-electron chi connectivity index (χ2n) is 4.77. The topological polar surface area (TPSA) is 47.3 Å². The Hall–Kier alpha value is -0.130. The first-order valence-corrected chi connectivity index (χ1v) is 7.34. The summed E-state index contributed by atoms with van der Waals surface area (Å²) in [5, 5.41) is 0.785. The van der Waals surface area contributed by atoms with E-state index in [2.05, 4.69) is 21.4 Å². The molecule has 2 atom stereocenters. The Morgan fingerprint density at radius 1 is 1.56 bits per heavy atom. The fraction of sp³-hybridized carbons (Fsp3) is 0.538. The summed E-state index contributed by atoms with van der Waals surface area (Å²) in [6, 6.07) is 6.22. The molecule has 2 rings (SSSR count). The standard InChI is InChI=1S/C13H18BrClN2O/c14-11-2-1-10(13(15)7-11)6-12(17-16)5-9-3-4-18-8-9/h1-2,7,9,12,17H,3-6,8,16H2. The van der Waals surface area contributed by atoms with Crippen LogP contribution in [0.15, 0.2) is 22.7 Å². The number of hydrogen-bond donors (Lipinski definition) is 2. The summed E-state index contributed by atoms with van der Waals surface area (Å²) in [7, 11) is 0. The van der Waals surface area contributed by atoms with Gasteiger partial charge in [-0.3, -0.25) is 11.3 Å². The van der Waals surface area contributed by atoms with Gasteiger partial charge in [-0.25, -0.2) is 0 Å². The van der Waals surface area contributed by atoms with Crippen LogP contribution in [0.4, 0.5) is 0 Å². The molecule has 1 fully saturated rings. The van der Waals surface area contributed by atoms with E-state index < -0.39 is 0 Å². The monoisotopic (exact) mass is 332 g/mol. The van der Waals surface area contributed by atoms with E-state index in [0.29, 0.717) is 5.92 Å². The molecule has 0 saturated carbocycles. The van der Waals surface area contributed by atoms with Gasteiger partial charge in [0.05, 0.1) is 0 Å². The van der Waals surface area contributed by atoms with E-state index in [4.69, 9.17) is 22.2 Å². The molecule has 1 aromatic carbocycles. The fourth-order valence-corrected chi connectivity index (χ4v) is 3.09. The van der Waals surface area contributed by atoms with Gasteiger partial charge < -0.3 is 4.74 Å². The molecule has 0 aromatic heterocycles. The van der Waals surface area contributed by atoms with Gasteiger partial charge in [-0.1, -0.05) is 33.6 Å². The van der Waals surface area contributed by atoms with Crippen molar-refractivity contribution in [1.29, 1.82) is 0 Å². The maximum atomic E-state index is 6.22. The van der Waals surface area contributed by atoms with Crippen molar-refractivity contribution in [1.82, 2.24) is 5.43 Å². The molecule has 2 unspecified atom stereocenters. The van der Waals surface area contributed by atoms with Crippen molar-refractivity contribution in [3.63, 3.8) is 0 Å². The summed E-state index contributed by atoms with van der Waals surface area (Å²) in [4.78, 5) is 0. The first-order chi connectivity index (χ1) is 8.69. The Morgan fingerprint density at radius 2 is 2.39 bits per heavy atom. The summed E-state index contributed by atoms with van der Waals surface area (Å²) >= 11 is 9.63. The Labute approximate surface area is 121 Å². The van der Waals surface area contributed by atoms with Crippen molar-refractivity contribution < 1.29 is 4.74 Å². The second-order valence-corrected chi connectivity index (χ2v) is 6.09. The minimum Gasteiger partial charge on any atom is -0.381 e. The molecule has 0 bridgehead atoms. The Morgan fingerprint density at radius 3 is 3.00 bits per heavy atom. The van der Waals surface area contributed by atoms with Crippen molar-refractivity contribution in [2.24, 2.45) is 11.8 Å². The molecule has 1 aliphatic heterocycles. The number of benzene rings is 1. The van der Waals surface area contributed by atoms with Gasteiger partial charge >= 0.3 is 0 Å². The number of hydrogen-bond acceptors (Lipinski definition) is 3. The molecule has 1 heterocycles. The molecule has 18 heavy (non-hydrogen) atoms. The molecule has 0 aliphatic carbocycles. The Bertz CT molecular complexity index is 397. The van der Waals surface area contributed by atoms with Gasteiger partial charge in [0.15, 0.2) is 0 Å². The minimum absolute atomic E-state index is 0.246. The lowest BCUT2D eigenvalue weighted by molar-refractivity contribution is 0.181. The lowest BCUT2D eigenvalue weighted by Gasteiger charge is -2.19. The molecule has 1 aromatic rings. The van der Waals surface area contributed by atoms with Gasteiger partial charge in [0.25, 0.3) is 0 Å². The summed E-state index contributed by atoms with van der Waals surface area (Å²) in [5.74, 6) is 6.25. The quantitative estimate of drug-likeness (QED) is 0.643.